The first-order valence-electron chi connectivity index (χ1n) is 15.1. The SMILES string of the molecule is CCCN(CCC)C(=O)c1cc(C)cc(C(=O)N[C@H](Cc2cc(F)cc(F)c2)[C@H](O)CN[C@@H]2CS(=O)(=O)Nc3ccccc32)c1. The van der Waals surface area contributed by atoms with Crippen LogP contribution in [0.3, 0.4) is 0 Å². The fourth-order valence-electron chi connectivity index (χ4n) is 5.58. The lowest BCUT2D eigenvalue weighted by Crippen LogP contribution is -2.50. The van der Waals surface area contributed by atoms with E-state index < -0.39 is 45.8 Å². The molecule has 0 spiro atoms. The zero-order chi connectivity index (χ0) is 32.7. The number of hydrogen-bond acceptors (Lipinski definition) is 6. The zero-order valence-electron chi connectivity index (χ0n) is 25.6. The van der Waals surface area contributed by atoms with Gasteiger partial charge in [0.1, 0.15) is 11.6 Å². The van der Waals surface area contributed by atoms with Gasteiger partial charge in [0.2, 0.25) is 10.0 Å². The minimum absolute atomic E-state index is 0.122. The van der Waals surface area contributed by atoms with E-state index in [4.69, 9.17) is 0 Å². The van der Waals surface area contributed by atoms with Crippen LogP contribution in [0.1, 0.15) is 70.1 Å². The third kappa shape index (κ3) is 9.09. The summed E-state index contributed by atoms with van der Waals surface area (Å²) in [7, 11) is -3.63. The van der Waals surface area contributed by atoms with Crippen LogP contribution in [0, 0.1) is 18.6 Å². The van der Waals surface area contributed by atoms with Gasteiger partial charge in [-0.25, -0.2) is 17.2 Å². The van der Waals surface area contributed by atoms with Crippen LogP contribution in [-0.2, 0) is 16.4 Å². The number of amides is 2. The van der Waals surface area contributed by atoms with Crippen molar-refractivity contribution < 1.29 is 31.9 Å². The molecule has 9 nitrogen and oxygen atoms in total. The Morgan fingerprint density at radius 2 is 1.64 bits per heavy atom. The number of nitrogens with zero attached hydrogens (tertiary/aromatic N) is 1. The summed E-state index contributed by atoms with van der Waals surface area (Å²) in [4.78, 5) is 28.6. The Hall–Kier alpha value is -3.87. The molecule has 12 heteroatoms. The maximum atomic E-state index is 14.0. The molecule has 45 heavy (non-hydrogen) atoms. The molecule has 3 aromatic carbocycles. The maximum Gasteiger partial charge on any atom is 0.253 e. The third-order valence-corrected chi connectivity index (χ3v) is 8.88. The van der Waals surface area contributed by atoms with Gasteiger partial charge in [-0.2, -0.15) is 0 Å². The number of benzene rings is 3. The Bertz CT molecular complexity index is 1610. The van der Waals surface area contributed by atoms with Crippen LogP contribution in [0.5, 0.6) is 0 Å². The summed E-state index contributed by atoms with van der Waals surface area (Å²) >= 11 is 0. The number of hydrogen-bond donors (Lipinski definition) is 4. The molecule has 0 aromatic heterocycles. The molecule has 0 fully saturated rings. The lowest BCUT2D eigenvalue weighted by atomic mass is 9.98. The van der Waals surface area contributed by atoms with Crippen LogP contribution in [-0.4, -0.2) is 67.8 Å². The quantitative estimate of drug-likeness (QED) is 0.220. The standard InChI is InChI=1S/C33H40F2N4O5S/c1-4-10-39(11-5-2)33(42)24-13-21(3)12-23(17-24)32(41)37-29(16-22-14-25(34)18-26(35)15-22)31(40)19-36-30-20-45(43,44)38-28-9-7-6-8-27(28)30/h6-9,12-15,17-18,29-31,36,38,40H,4-5,10-11,16,19-20H2,1-3H3,(H,37,41)/t29-,30-,31-/m1/s1. The first kappa shape index (κ1) is 34.0. The number of sulfonamides is 1. The van der Waals surface area contributed by atoms with E-state index in [1.165, 1.54) is 6.07 Å². The summed E-state index contributed by atoms with van der Waals surface area (Å²) in [5.41, 5.74) is 2.58. The Morgan fingerprint density at radius 1 is 1.00 bits per heavy atom. The van der Waals surface area contributed by atoms with Crippen molar-refractivity contribution in [1.82, 2.24) is 15.5 Å². The van der Waals surface area contributed by atoms with Gasteiger partial charge in [0.25, 0.3) is 11.8 Å². The lowest BCUT2D eigenvalue weighted by molar-refractivity contribution is 0.0755. The molecule has 1 aliphatic heterocycles. The van der Waals surface area contributed by atoms with Gasteiger partial charge in [-0.3, -0.25) is 14.3 Å². The topological polar surface area (TPSA) is 128 Å². The van der Waals surface area contributed by atoms with E-state index in [1.807, 2.05) is 13.8 Å². The Labute approximate surface area is 263 Å². The number of carbonyl (C=O) groups excluding carboxylic acids is 2. The van der Waals surface area contributed by atoms with Crippen LogP contribution in [0.15, 0.2) is 60.7 Å². The van der Waals surface area contributed by atoms with Crippen LogP contribution in [0.2, 0.25) is 0 Å². The van der Waals surface area contributed by atoms with E-state index in [2.05, 4.69) is 15.4 Å². The number of para-hydroxylation sites is 1. The molecular weight excluding hydrogens is 602 g/mol. The number of aryl methyl sites for hydroxylation is 1. The molecule has 242 valence electrons. The molecule has 1 aliphatic rings. The number of nitrogens with one attached hydrogen (secondary N) is 3. The molecule has 0 radical (unpaired) electrons. The van der Waals surface area contributed by atoms with Crippen molar-refractivity contribution >= 4 is 27.5 Å². The van der Waals surface area contributed by atoms with Crippen LogP contribution < -0.4 is 15.4 Å². The van der Waals surface area contributed by atoms with E-state index in [1.54, 1.807) is 48.2 Å². The number of halogens is 2. The molecule has 3 aromatic rings. The van der Waals surface area contributed by atoms with Crippen molar-refractivity contribution in [1.29, 1.82) is 0 Å². The molecule has 0 saturated carbocycles. The number of rotatable bonds is 13. The highest BCUT2D eigenvalue weighted by molar-refractivity contribution is 7.92. The third-order valence-electron chi connectivity index (χ3n) is 7.58. The monoisotopic (exact) mass is 642 g/mol. The Kier molecular flexibility index (Phi) is 11.3. The average Bonchev–Trinajstić information content (AvgIpc) is 2.97. The van der Waals surface area contributed by atoms with Crippen LogP contribution >= 0.6 is 0 Å². The Balaban J connectivity index is 1.58. The highest BCUT2D eigenvalue weighted by Gasteiger charge is 2.31. The van der Waals surface area contributed by atoms with E-state index in [-0.39, 0.29) is 35.8 Å². The smallest absolute Gasteiger partial charge is 0.253 e. The molecule has 0 bridgehead atoms. The van der Waals surface area contributed by atoms with E-state index in [0.29, 0.717) is 35.5 Å². The normalized spacial score (nSPS) is 16.6. The van der Waals surface area contributed by atoms with Gasteiger partial charge in [0.05, 0.1) is 29.6 Å². The second kappa shape index (κ2) is 14.9. The van der Waals surface area contributed by atoms with Crippen molar-refractivity contribution in [3.05, 3.63) is 100 Å². The number of carbonyl (C=O) groups is 2. The van der Waals surface area contributed by atoms with Gasteiger partial charge >= 0.3 is 0 Å². The molecule has 0 aliphatic carbocycles. The predicted molar refractivity (Wildman–Crippen MR) is 170 cm³/mol. The van der Waals surface area contributed by atoms with Gasteiger partial charge in [0.15, 0.2) is 0 Å². The van der Waals surface area contributed by atoms with Gasteiger partial charge in [-0.1, -0.05) is 32.0 Å². The van der Waals surface area contributed by atoms with Crippen molar-refractivity contribution in [2.75, 3.05) is 30.1 Å². The molecule has 4 rings (SSSR count). The number of aliphatic hydroxyl groups is 1. The van der Waals surface area contributed by atoms with Crippen molar-refractivity contribution in [3.63, 3.8) is 0 Å². The molecular formula is C33H40F2N4O5S. The molecule has 1 heterocycles. The Morgan fingerprint density at radius 3 is 2.31 bits per heavy atom. The second-order valence-corrected chi connectivity index (χ2v) is 13.2. The molecule has 2 amide bonds. The summed E-state index contributed by atoms with van der Waals surface area (Å²) in [5, 5.41) is 17.2. The van der Waals surface area contributed by atoms with Crippen molar-refractivity contribution in [2.24, 2.45) is 0 Å². The highest BCUT2D eigenvalue weighted by Crippen LogP contribution is 2.30. The summed E-state index contributed by atoms with van der Waals surface area (Å²) in [5.74, 6) is -2.64. The zero-order valence-corrected chi connectivity index (χ0v) is 26.5. The average molecular weight is 643 g/mol. The molecule has 3 atom stereocenters. The van der Waals surface area contributed by atoms with E-state index >= 15 is 0 Å². The molecule has 4 N–H and O–H groups in total. The van der Waals surface area contributed by atoms with Crippen molar-refractivity contribution in [3.8, 4) is 0 Å². The first-order chi connectivity index (χ1) is 21.4. The first-order valence-corrected chi connectivity index (χ1v) is 16.7. The fraction of sp³-hybridized carbons (Fsp3) is 0.394. The van der Waals surface area contributed by atoms with E-state index in [9.17, 15) is 31.9 Å². The molecule has 0 unspecified atom stereocenters. The predicted octanol–water partition coefficient (Wildman–Crippen LogP) is 4.32. The highest BCUT2D eigenvalue weighted by atomic mass is 32.2. The van der Waals surface area contributed by atoms with Gasteiger partial charge < -0.3 is 20.6 Å². The van der Waals surface area contributed by atoms with E-state index in [0.717, 1.165) is 31.0 Å². The van der Waals surface area contributed by atoms with Gasteiger partial charge in [-0.05, 0) is 79.3 Å². The maximum absolute atomic E-state index is 14.0. The van der Waals surface area contributed by atoms with Crippen molar-refractivity contribution in [2.45, 2.75) is 58.2 Å². The van der Waals surface area contributed by atoms with Crippen LogP contribution in [0.25, 0.3) is 0 Å². The van der Waals surface area contributed by atoms with Gasteiger partial charge in [-0.15, -0.1) is 0 Å². The summed E-state index contributed by atoms with van der Waals surface area (Å²) in [6, 6.07) is 13.0. The molecule has 0 saturated heterocycles. The number of aliphatic hydroxyl groups excluding tert-OH is 1. The minimum atomic E-state index is -3.63. The lowest BCUT2D eigenvalue weighted by Gasteiger charge is -2.30. The number of anilines is 1. The van der Waals surface area contributed by atoms with Crippen LogP contribution in [0.4, 0.5) is 14.5 Å². The van der Waals surface area contributed by atoms with Gasteiger partial charge in [0, 0.05) is 36.8 Å². The minimum Gasteiger partial charge on any atom is -0.390 e. The summed E-state index contributed by atoms with van der Waals surface area (Å²) in [6.45, 7) is 6.76. The summed E-state index contributed by atoms with van der Waals surface area (Å²) in [6.07, 6.45) is 0.158. The largest absolute Gasteiger partial charge is 0.390 e. The summed E-state index contributed by atoms with van der Waals surface area (Å²) < 4.78 is 55.5. The second-order valence-electron chi connectivity index (χ2n) is 11.4. The number of fused-ring (bicyclic) bond motifs is 1. The fourth-order valence-corrected chi connectivity index (χ4v) is 6.92.